The van der Waals surface area contributed by atoms with Gasteiger partial charge in [0.2, 0.25) is 11.6 Å². The van der Waals surface area contributed by atoms with Crippen LogP contribution in [0.1, 0.15) is 89.7 Å². The number of hydrogen-bond donors (Lipinski definition) is 19. The Morgan fingerprint density at radius 3 is 1.03 bits per heavy atom. The summed E-state index contributed by atoms with van der Waals surface area (Å²) in [6.07, 6.45) is -7.75. The molecule has 26 heteroatoms. The lowest BCUT2D eigenvalue weighted by molar-refractivity contribution is 0.0197. The van der Waals surface area contributed by atoms with Gasteiger partial charge in [0.05, 0.1) is 12.5 Å². The molecule has 0 saturated carbocycles. The summed E-state index contributed by atoms with van der Waals surface area (Å²) >= 11 is 0. The molecular weight excluding hydrogens is 1140 g/mol. The van der Waals surface area contributed by atoms with Crippen molar-refractivity contribution in [2.75, 3.05) is 0 Å². The molecule has 8 aromatic carbocycles. The molecule has 0 aliphatic carbocycles. The monoisotopic (exact) mass is 1190 g/mol. The van der Waals surface area contributed by atoms with Crippen molar-refractivity contribution in [3.63, 3.8) is 0 Å². The van der Waals surface area contributed by atoms with Crippen molar-refractivity contribution < 1.29 is 130 Å². The molecule has 0 spiro atoms. The fourth-order valence-electron chi connectivity index (χ4n) is 9.58. The second-order valence-electron chi connectivity index (χ2n) is 19.7. The van der Waals surface area contributed by atoms with E-state index in [1.165, 1.54) is 78.9 Å². The molecule has 26 nitrogen and oxygen atoms in total. The quantitative estimate of drug-likeness (QED) is 0.0880. The minimum Gasteiger partial charge on any atom is -0.508 e. The van der Waals surface area contributed by atoms with Crippen LogP contribution in [0.5, 0.6) is 115 Å². The molecule has 0 bridgehead atoms. The molecule has 8 aromatic rings. The van der Waals surface area contributed by atoms with Gasteiger partial charge in [-0.3, -0.25) is 14.4 Å². The van der Waals surface area contributed by atoms with E-state index in [1.54, 1.807) is 0 Å². The second kappa shape index (κ2) is 23.5. The SMILES string of the molecule is O=C1CC(c2ccc(O)c(O)c2)Oc2cc(O)cc(O)c21.O=C1c2c(O)cc(O)cc2OC(c2ccc(O)c(O)c2)C1O.O=C1c2c(O)cc(O)cc2OC(c2ccc(O)c(O)c2)[C@H]1O.Oc1cc(O)c2c(c1)OC(c1ccc(O)c(O)c1)[C@@H](O)C2. The molecule has 12 rings (SSSR count). The molecule has 446 valence electrons. The summed E-state index contributed by atoms with van der Waals surface area (Å²) in [5.74, 6) is -6.79. The Hall–Kier alpha value is -11.4. The van der Waals surface area contributed by atoms with E-state index in [0.717, 1.165) is 42.5 Å². The van der Waals surface area contributed by atoms with Gasteiger partial charge in [0.1, 0.15) is 97.9 Å². The smallest absolute Gasteiger partial charge is 0.202 e. The number of rotatable bonds is 4. The highest BCUT2D eigenvalue weighted by atomic mass is 16.5. The molecule has 7 atom stereocenters. The summed E-state index contributed by atoms with van der Waals surface area (Å²) in [5, 5.41) is 183. The van der Waals surface area contributed by atoms with E-state index < -0.39 is 77.3 Å². The number of benzene rings is 8. The number of ether oxygens (including phenoxy) is 4. The van der Waals surface area contributed by atoms with E-state index in [0.29, 0.717) is 16.7 Å². The molecule has 19 N–H and O–H groups in total. The van der Waals surface area contributed by atoms with Gasteiger partial charge in [-0.05, 0) is 70.8 Å². The largest absolute Gasteiger partial charge is 0.508 e. The van der Waals surface area contributed by atoms with Gasteiger partial charge in [0.15, 0.2) is 76.2 Å². The van der Waals surface area contributed by atoms with Crippen LogP contribution in [-0.4, -0.2) is 133 Å². The molecule has 5 unspecified atom stereocenters. The van der Waals surface area contributed by atoms with Crippen molar-refractivity contribution in [1.82, 2.24) is 0 Å². The Bertz CT molecular complexity index is 3860. The van der Waals surface area contributed by atoms with Crippen molar-refractivity contribution in [1.29, 1.82) is 0 Å². The number of ketones is 3. The predicted molar refractivity (Wildman–Crippen MR) is 291 cm³/mol. The minimum atomic E-state index is -1.60. The lowest BCUT2D eigenvalue weighted by Gasteiger charge is -2.31. The van der Waals surface area contributed by atoms with Crippen LogP contribution in [-0.2, 0) is 6.42 Å². The number of Topliss-reactive ketones (excluding diaryl/α,β-unsaturated/α-hetero) is 3. The van der Waals surface area contributed by atoms with Crippen LogP contribution < -0.4 is 18.9 Å². The van der Waals surface area contributed by atoms with Crippen LogP contribution >= 0.6 is 0 Å². The zero-order valence-corrected chi connectivity index (χ0v) is 43.9. The normalized spacial score (nSPS) is 19.6. The lowest BCUT2D eigenvalue weighted by Crippen LogP contribution is -2.36. The molecular formula is C60H50O26. The third-order valence-corrected chi connectivity index (χ3v) is 13.8. The van der Waals surface area contributed by atoms with Crippen LogP contribution in [0.2, 0.25) is 0 Å². The maximum Gasteiger partial charge on any atom is 0.202 e. The van der Waals surface area contributed by atoms with Gasteiger partial charge in [-0.15, -0.1) is 0 Å². The van der Waals surface area contributed by atoms with Gasteiger partial charge >= 0.3 is 0 Å². The molecule has 0 saturated heterocycles. The first-order valence-electron chi connectivity index (χ1n) is 25.3. The molecule has 4 heterocycles. The van der Waals surface area contributed by atoms with Crippen LogP contribution in [0.3, 0.4) is 0 Å². The highest BCUT2D eigenvalue weighted by Gasteiger charge is 2.41. The number of aliphatic hydroxyl groups is 3. The summed E-state index contributed by atoms with van der Waals surface area (Å²) in [4.78, 5) is 36.5. The maximum absolute atomic E-state index is 12.2. The van der Waals surface area contributed by atoms with E-state index >= 15 is 0 Å². The number of phenolic OH excluding ortho intramolecular Hbond substituents is 16. The van der Waals surface area contributed by atoms with Gasteiger partial charge in [-0.25, -0.2) is 0 Å². The van der Waals surface area contributed by atoms with Gasteiger partial charge in [0, 0.05) is 60.5 Å². The van der Waals surface area contributed by atoms with Crippen LogP contribution in [0.4, 0.5) is 0 Å². The molecule has 0 aromatic heterocycles. The Morgan fingerprint density at radius 1 is 0.302 bits per heavy atom. The average Bonchev–Trinajstić information content (AvgIpc) is 1.39. The number of aliphatic hydroxyl groups excluding tert-OH is 3. The van der Waals surface area contributed by atoms with Gasteiger partial charge in [0.25, 0.3) is 0 Å². The summed E-state index contributed by atoms with van der Waals surface area (Å²) in [6, 6.07) is 24.8. The first-order valence-corrected chi connectivity index (χ1v) is 25.3. The van der Waals surface area contributed by atoms with Crippen molar-refractivity contribution in [3.8, 4) is 115 Å². The highest BCUT2D eigenvalue weighted by molar-refractivity contribution is 6.06. The third kappa shape index (κ3) is 12.0. The second-order valence-corrected chi connectivity index (χ2v) is 19.7. The van der Waals surface area contributed by atoms with Crippen molar-refractivity contribution in [3.05, 3.63) is 166 Å². The van der Waals surface area contributed by atoms with Gasteiger partial charge in [-0.1, -0.05) is 24.3 Å². The molecule has 4 aliphatic rings. The molecule has 0 fully saturated rings. The summed E-state index contributed by atoms with van der Waals surface area (Å²) < 4.78 is 22.2. The zero-order valence-electron chi connectivity index (χ0n) is 43.9. The molecule has 86 heavy (non-hydrogen) atoms. The van der Waals surface area contributed by atoms with Gasteiger partial charge in [-0.2, -0.15) is 0 Å². The van der Waals surface area contributed by atoms with Crippen LogP contribution in [0.25, 0.3) is 0 Å². The van der Waals surface area contributed by atoms with Crippen LogP contribution in [0.15, 0.2) is 121 Å². The third-order valence-electron chi connectivity index (χ3n) is 13.8. The van der Waals surface area contributed by atoms with E-state index in [-0.39, 0.29) is 138 Å². The van der Waals surface area contributed by atoms with Crippen LogP contribution in [0, 0.1) is 0 Å². The van der Waals surface area contributed by atoms with E-state index in [9.17, 15) is 111 Å². The first kappa shape index (κ1) is 59.3. The summed E-state index contributed by atoms with van der Waals surface area (Å²) in [5.41, 5.74) is 1.51. The molecule has 0 amide bonds. The van der Waals surface area contributed by atoms with Crippen molar-refractivity contribution in [2.45, 2.75) is 55.6 Å². The fourth-order valence-corrected chi connectivity index (χ4v) is 9.58. The van der Waals surface area contributed by atoms with Gasteiger partial charge < -0.3 is 116 Å². The van der Waals surface area contributed by atoms with E-state index in [4.69, 9.17) is 18.9 Å². The van der Waals surface area contributed by atoms with E-state index in [1.807, 2.05) is 0 Å². The fraction of sp³-hybridized carbons (Fsp3) is 0.150. The average molecular weight is 1190 g/mol. The Balaban J connectivity index is 0.000000137. The Kier molecular flexibility index (Phi) is 16.2. The maximum atomic E-state index is 12.2. The Labute approximate surface area is 482 Å². The number of hydrogen-bond acceptors (Lipinski definition) is 26. The molecule has 0 radical (unpaired) electrons. The predicted octanol–water partition coefficient (Wildman–Crippen LogP) is 6.13. The number of fused-ring (bicyclic) bond motifs is 4. The lowest BCUT2D eigenvalue weighted by atomic mass is 9.92. The number of carbonyl (C=O) groups is 3. The zero-order chi connectivity index (χ0) is 62.3. The van der Waals surface area contributed by atoms with E-state index in [2.05, 4.69) is 0 Å². The number of aromatic hydroxyl groups is 16. The van der Waals surface area contributed by atoms with Crippen molar-refractivity contribution >= 4 is 17.3 Å². The highest BCUT2D eigenvalue weighted by Crippen LogP contribution is 2.47. The first-order chi connectivity index (χ1) is 40.7. The summed E-state index contributed by atoms with van der Waals surface area (Å²) in [7, 11) is 0. The summed E-state index contributed by atoms with van der Waals surface area (Å²) in [6.45, 7) is 0. The standard InChI is InChI=1S/2C15H12O7.C15H14O6.C15H12O6/c2*16-7-4-10(19)12-11(5-7)22-15(14(21)13(12)20)6-1-2-8(17)9(18)3-6;16-8-4-11(18)9-6-13(20)15(21-14(9)5-8)7-1-2-10(17)12(19)3-7;16-8-4-11(19)15-12(20)6-13(21-14(15)5-8)7-1-2-9(17)10(18)3-7/h2*1-5,14-19,21H;1-5,13,15-20H,6H2;1-5,13,16-19H,6H2/t14-,15?;;13-,15?;/m0.0./s1. The Morgan fingerprint density at radius 2 is 0.628 bits per heavy atom. The number of carbonyl (C=O) groups excluding carboxylic acids is 3. The number of phenols is 16. The minimum absolute atomic E-state index is 0.0183. The molecule has 4 aliphatic heterocycles. The topological polar surface area (TPSA) is 473 Å². The van der Waals surface area contributed by atoms with Crippen molar-refractivity contribution in [2.24, 2.45) is 0 Å².